The molecule has 0 atom stereocenters. The van der Waals surface area contributed by atoms with Crippen LogP contribution < -0.4 is 0 Å². The lowest BCUT2D eigenvalue weighted by Crippen LogP contribution is -2.03. The average molecular weight is 868 g/mol. The number of aromatic amines is 1. The Kier molecular flexibility index (Phi) is 8.65. The minimum Gasteiger partial charge on any atom is -0.354 e. The number of rotatable bonds is 6. The molecule has 0 unspecified atom stereocenters. The first-order valence-electron chi connectivity index (χ1n) is 23.4. The summed E-state index contributed by atoms with van der Waals surface area (Å²) < 4.78 is 2.41. The molecule has 0 spiro atoms. The SMILES string of the molecule is C1=Cc2c(n(-c3ccccc3)c3cc(-c4nc(-c5ccccc5)nc(-c5ccc6c(c5)[nH]c5ccc(-c7cccc(-c8ccc9c%10ccccc%10c%10ccccc%10c9c8)c7)cc56)n4)ccc23)CC1. The molecule has 10 aromatic carbocycles. The van der Waals surface area contributed by atoms with Crippen molar-refractivity contribution in [1.29, 1.82) is 0 Å². The zero-order chi connectivity index (χ0) is 44.7. The number of nitrogens with zero attached hydrogens (tertiary/aromatic N) is 4. The Bertz CT molecular complexity index is 4160. The topological polar surface area (TPSA) is 59.4 Å². The lowest BCUT2D eigenvalue weighted by molar-refractivity contribution is 0.888. The first kappa shape index (κ1) is 38.3. The van der Waals surface area contributed by atoms with Gasteiger partial charge in [0.1, 0.15) is 0 Å². The minimum absolute atomic E-state index is 0.627. The van der Waals surface area contributed by atoms with Gasteiger partial charge in [-0.3, -0.25) is 0 Å². The summed E-state index contributed by atoms with van der Waals surface area (Å²) in [6.07, 6.45) is 6.58. The summed E-state index contributed by atoms with van der Waals surface area (Å²) in [5.41, 5.74) is 14.6. The van der Waals surface area contributed by atoms with Crippen LogP contribution in [0.1, 0.15) is 17.7 Å². The fourth-order valence-electron chi connectivity index (χ4n) is 10.8. The second-order valence-corrected chi connectivity index (χ2v) is 18.0. The molecule has 0 saturated heterocycles. The molecule has 1 aliphatic rings. The van der Waals surface area contributed by atoms with E-state index in [1.807, 2.05) is 18.2 Å². The Morgan fingerprint density at radius 3 is 1.57 bits per heavy atom. The van der Waals surface area contributed by atoms with E-state index in [0.717, 1.165) is 57.2 Å². The molecule has 0 radical (unpaired) electrons. The first-order chi connectivity index (χ1) is 33.7. The van der Waals surface area contributed by atoms with E-state index in [1.165, 1.54) is 76.6 Å². The number of H-pyrrole nitrogens is 1. The highest BCUT2D eigenvalue weighted by Crippen LogP contribution is 2.40. The third-order valence-corrected chi connectivity index (χ3v) is 14.0. The molecule has 13 aromatic rings. The monoisotopic (exact) mass is 867 g/mol. The number of hydrogen-bond acceptors (Lipinski definition) is 3. The summed E-state index contributed by atoms with van der Waals surface area (Å²) in [6, 6.07) is 74.2. The molecule has 5 heteroatoms. The van der Waals surface area contributed by atoms with Crippen molar-refractivity contribution in [3.05, 3.63) is 224 Å². The number of aromatic nitrogens is 5. The Labute approximate surface area is 392 Å². The predicted octanol–water partition coefficient (Wildman–Crippen LogP) is 16.2. The summed E-state index contributed by atoms with van der Waals surface area (Å²) in [4.78, 5) is 19.2. The number of nitrogens with one attached hydrogen (secondary N) is 1. The number of fused-ring (bicyclic) bond motifs is 12. The van der Waals surface area contributed by atoms with Crippen LogP contribution in [0.5, 0.6) is 0 Å². The quantitative estimate of drug-likeness (QED) is 0.169. The highest BCUT2D eigenvalue weighted by atomic mass is 15.0. The van der Waals surface area contributed by atoms with Gasteiger partial charge in [-0.1, -0.05) is 170 Å². The van der Waals surface area contributed by atoms with Crippen molar-refractivity contribution in [1.82, 2.24) is 24.5 Å². The van der Waals surface area contributed by atoms with Gasteiger partial charge >= 0.3 is 0 Å². The molecule has 3 aromatic heterocycles. The van der Waals surface area contributed by atoms with Gasteiger partial charge in [-0.2, -0.15) is 0 Å². The van der Waals surface area contributed by atoms with Gasteiger partial charge in [0.25, 0.3) is 0 Å². The lowest BCUT2D eigenvalue weighted by atomic mass is 9.91. The van der Waals surface area contributed by atoms with Crippen LogP contribution in [-0.2, 0) is 6.42 Å². The van der Waals surface area contributed by atoms with Crippen LogP contribution in [0.15, 0.2) is 212 Å². The molecule has 68 heavy (non-hydrogen) atoms. The lowest BCUT2D eigenvalue weighted by Gasteiger charge is -2.13. The first-order valence-corrected chi connectivity index (χ1v) is 23.4. The van der Waals surface area contributed by atoms with E-state index in [0.29, 0.717) is 17.5 Å². The standard InChI is InChI=1S/C63H41N5/c1-3-14-39(15-4-1)61-65-62(67-63(66-61)45-28-32-54-53-24-11-12-25-59(53)68(60(54)38-45)46-18-5-2-6-19-46)44-27-31-52-56-36-43(29-33-57(56)64-58(52)37-44)41-17-13-16-40(34-41)42-26-30-51-49-22-8-7-20-47(49)48-21-9-10-23-50(48)55(51)35-42/h1-11,13-24,26-38,64H,12,25H2. The summed E-state index contributed by atoms with van der Waals surface area (Å²) in [6.45, 7) is 0. The number of benzene rings is 10. The van der Waals surface area contributed by atoms with Gasteiger partial charge in [-0.05, 0) is 116 Å². The molecular weight excluding hydrogens is 827 g/mol. The predicted molar refractivity (Wildman–Crippen MR) is 283 cm³/mol. The fraction of sp³-hybridized carbons (Fsp3) is 0.0317. The molecule has 0 aliphatic heterocycles. The maximum Gasteiger partial charge on any atom is 0.164 e. The van der Waals surface area contributed by atoms with Crippen LogP contribution in [0.2, 0.25) is 0 Å². The second-order valence-electron chi connectivity index (χ2n) is 18.0. The van der Waals surface area contributed by atoms with E-state index in [-0.39, 0.29) is 0 Å². The van der Waals surface area contributed by atoms with Crippen molar-refractivity contribution in [3.63, 3.8) is 0 Å². The van der Waals surface area contributed by atoms with Crippen molar-refractivity contribution in [2.24, 2.45) is 0 Å². The molecule has 1 aliphatic carbocycles. The Hall–Kier alpha value is -8.93. The summed E-state index contributed by atoms with van der Waals surface area (Å²) in [5, 5.41) is 11.3. The molecular formula is C63H41N5. The summed E-state index contributed by atoms with van der Waals surface area (Å²) >= 11 is 0. The van der Waals surface area contributed by atoms with E-state index in [9.17, 15) is 0 Å². The van der Waals surface area contributed by atoms with Crippen LogP contribution in [0.25, 0.3) is 133 Å². The highest BCUT2D eigenvalue weighted by molar-refractivity contribution is 6.25. The maximum atomic E-state index is 5.22. The molecule has 318 valence electrons. The highest BCUT2D eigenvalue weighted by Gasteiger charge is 2.21. The van der Waals surface area contributed by atoms with E-state index >= 15 is 0 Å². The summed E-state index contributed by atoms with van der Waals surface area (Å²) in [7, 11) is 0. The van der Waals surface area contributed by atoms with Crippen LogP contribution in [-0.4, -0.2) is 24.5 Å². The van der Waals surface area contributed by atoms with E-state index in [1.54, 1.807) is 0 Å². The molecule has 3 heterocycles. The average Bonchev–Trinajstić information content (AvgIpc) is 3.96. The molecule has 0 fully saturated rings. The Balaban J connectivity index is 0.847. The van der Waals surface area contributed by atoms with Crippen LogP contribution in [0.3, 0.4) is 0 Å². The zero-order valence-corrected chi connectivity index (χ0v) is 37.0. The number of allylic oxidation sites excluding steroid dienone is 1. The van der Waals surface area contributed by atoms with Gasteiger partial charge in [0.15, 0.2) is 17.5 Å². The normalized spacial score (nSPS) is 12.5. The van der Waals surface area contributed by atoms with Gasteiger partial charge < -0.3 is 9.55 Å². The molecule has 5 nitrogen and oxygen atoms in total. The second kappa shape index (κ2) is 15.3. The summed E-state index contributed by atoms with van der Waals surface area (Å²) in [5.74, 6) is 1.90. The van der Waals surface area contributed by atoms with Crippen molar-refractivity contribution >= 4 is 71.1 Å². The Morgan fingerprint density at radius 2 is 0.868 bits per heavy atom. The van der Waals surface area contributed by atoms with Crippen LogP contribution >= 0.6 is 0 Å². The minimum atomic E-state index is 0.627. The van der Waals surface area contributed by atoms with Crippen molar-refractivity contribution in [3.8, 4) is 62.1 Å². The van der Waals surface area contributed by atoms with Crippen molar-refractivity contribution in [2.75, 3.05) is 0 Å². The largest absolute Gasteiger partial charge is 0.354 e. The van der Waals surface area contributed by atoms with Gasteiger partial charge in [0.05, 0.1) is 5.52 Å². The molecule has 0 bridgehead atoms. The van der Waals surface area contributed by atoms with Gasteiger partial charge in [0.2, 0.25) is 0 Å². The Morgan fingerprint density at radius 1 is 0.353 bits per heavy atom. The number of hydrogen-bond donors (Lipinski definition) is 1. The third-order valence-electron chi connectivity index (χ3n) is 14.0. The van der Waals surface area contributed by atoms with E-state index < -0.39 is 0 Å². The van der Waals surface area contributed by atoms with Gasteiger partial charge in [0, 0.05) is 60.8 Å². The van der Waals surface area contributed by atoms with E-state index in [2.05, 4.69) is 210 Å². The van der Waals surface area contributed by atoms with Crippen LogP contribution in [0, 0.1) is 0 Å². The number of para-hydroxylation sites is 1. The van der Waals surface area contributed by atoms with Crippen molar-refractivity contribution in [2.45, 2.75) is 12.8 Å². The fourth-order valence-corrected chi connectivity index (χ4v) is 10.8. The van der Waals surface area contributed by atoms with Gasteiger partial charge in [-0.25, -0.2) is 15.0 Å². The van der Waals surface area contributed by atoms with Crippen molar-refractivity contribution < 1.29 is 0 Å². The zero-order valence-electron chi connectivity index (χ0n) is 37.0. The van der Waals surface area contributed by atoms with E-state index in [4.69, 9.17) is 15.0 Å². The van der Waals surface area contributed by atoms with Crippen LogP contribution in [0.4, 0.5) is 0 Å². The molecule has 0 saturated carbocycles. The molecule has 14 rings (SSSR count). The maximum absolute atomic E-state index is 5.22. The molecule has 0 amide bonds. The smallest absolute Gasteiger partial charge is 0.164 e. The third kappa shape index (κ3) is 6.20. The van der Waals surface area contributed by atoms with Gasteiger partial charge in [-0.15, -0.1) is 0 Å². The molecule has 1 N–H and O–H groups in total.